The van der Waals surface area contributed by atoms with Gasteiger partial charge in [0, 0.05) is 5.92 Å². The van der Waals surface area contributed by atoms with Gasteiger partial charge in [0.05, 0.1) is 6.04 Å². The summed E-state index contributed by atoms with van der Waals surface area (Å²) in [4.78, 5) is 11.7. The minimum Gasteiger partial charge on any atom is -0.298 e. The van der Waals surface area contributed by atoms with E-state index < -0.39 is 0 Å². The largest absolute Gasteiger partial charge is 0.298 e. The monoisotopic (exact) mass is 184 g/mol. The molecule has 0 aromatic carbocycles. The van der Waals surface area contributed by atoms with Gasteiger partial charge in [-0.3, -0.25) is 10.6 Å². The number of hydrogen-bond acceptors (Lipinski definition) is 3. The van der Waals surface area contributed by atoms with Crippen LogP contribution in [0.2, 0.25) is 0 Å². The Labute approximate surface area is 80.0 Å². The molecule has 1 fully saturated rings. The molecule has 1 atom stereocenters. The smallest absolute Gasteiger partial charge is 0.153 e. The van der Waals surface area contributed by atoms with Gasteiger partial charge in [-0.25, -0.2) is 5.43 Å². The third-order valence-corrected chi connectivity index (χ3v) is 2.93. The molecule has 0 unspecified atom stereocenters. The van der Waals surface area contributed by atoms with Crippen LogP contribution in [0.4, 0.5) is 0 Å². The minimum atomic E-state index is -0.109. The van der Waals surface area contributed by atoms with E-state index in [4.69, 9.17) is 5.84 Å². The maximum atomic E-state index is 11.7. The first kappa shape index (κ1) is 10.7. The maximum absolute atomic E-state index is 11.7. The van der Waals surface area contributed by atoms with Gasteiger partial charge in [0.25, 0.3) is 0 Å². The van der Waals surface area contributed by atoms with E-state index in [9.17, 15) is 4.79 Å². The molecule has 0 aromatic rings. The fraction of sp³-hybridized carbons (Fsp3) is 0.900. The summed E-state index contributed by atoms with van der Waals surface area (Å²) in [6.07, 6.45) is 4.78. The molecule has 0 aromatic heterocycles. The number of Topliss-reactive ketones (excluding diaryl/α,β-unsaturated/α-hetero) is 1. The van der Waals surface area contributed by atoms with Crippen molar-refractivity contribution in [2.45, 2.75) is 45.6 Å². The average Bonchev–Trinajstić information content (AvgIpc) is 2.58. The number of rotatable bonds is 4. The molecule has 3 N–H and O–H groups in total. The summed E-state index contributed by atoms with van der Waals surface area (Å²) in [6.45, 7) is 3.86. The van der Waals surface area contributed by atoms with Crippen LogP contribution in [0.15, 0.2) is 0 Å². The molecule has 0 spiro atoms. The number of hydrazine groups is 1. The van der Waals surface area contributed by atoms with E-state index in [0.717, 1.165) is 12.8 Å². The van der Waals surface area contributed by atoms with Crippen LogP contribution < -0.4 is 11.3 Å². The third-order valence-electron chi connectivity index (χ3n) is 2.93. The van der Waals surface area contributed by atoms with Crippen LogP contribution in [0.25, 0.3) is 0 Å². The Morgan fingerprint density at radius 1 is 1.38 bits per heavy atom. The molecule has 0 bridgehead atoms. The second kappa shape index (κ2) is 4.72. The lowest BCUT2D eigenvalue weighted by molar-refractivity contribution is -0.125. The van der Waals surface area contributed by atoms with Crippen molar-refractivity contribution in [1.29, 1.82) is 0 Å². The van der Waals surface area contributed by atoms with Gasteiger partial charge in [0.2, 0.25) is 0 Å². The van der Waals surface area contributed by atoms with Crippen molar-refractivity contribution in [2.24, 2.45) is 17.7 Å². The SMILES string of the molecule is CC(C)C(=O)[C@@H](NN)C1CCCC1. The molecule has 76 valence electrons. The van der Waals surface area contributed by atoms with Crippen LogP contribution in [0, 0.1) is 11.8 Å². The van der Waals surface area contributed by atoms with E-state index in [1.165, 1.54) is 12.8 Å². The zero-order valence-electron chi connectivity index (χ0n) is 8.55. The normalized spacial score (nSPS) is 20.9. The van der Waals surface area contributed by atoms with Crippen molar-refractivity contribution in [3.8, 4) is 0 Å². The first-order valence-corrected chi connectivity index (χ1v) is 5.16. The lowest BCUT2D eigenvalue weighted by Crippen LogP contribution is -2.47. The Kier molecular flexibility index (Phi) is 3.88. The molecule has 1 aliphatic rings. The van der Waals surface area contributed by atoms with Gasteiger partial charge < -0.3 is 0 Å². The summed E-state index contributed by atoms with van der Waals surface area (Å²) in [7, 11) is 0. The Morgan fingerprint density at radius 3 is 2.31 bits per heavy atom. The highest BCUT2D eigenvalue weighted by atomic mass is 16.1. The van der Waals surface area contributed by atoms with Crippen LogP contribution >= 0.6 is 0 Å². The second-order valence-electron chi connectivity index (χ2n) is 4.25. The molecule has 0 heterocycles. The van der Waals surface area contributed by atoms with Crippen molar-refractivity contribution < 1.29 is 4.79 Å². The van der Waals surface area contributed by atoms with Gasteiger partial charge in [0.1, 0.15) is 0 Å². The predicted octanol–water partition coefficient (Wildman–Crippen LogP) is 1.23. The fourth-order valence-electron chi connectivity index (χ4n) is 2.10. The number of nitrogens with two attached hydrogens (primary N) is 1. The van der Waals surface area contributed by atoms with E-state index in [1.807, 2.05) is 13.8 Å². The van der Waals surface area contributed by atoms with Gasteiger partial charge >= 0.3 is 0 Å². The Balaban J connectivity index is 2.55. The van der Waals surface area contributed by atoms with Crippen LogP contribution in [0.5, 0.6) is 0 Å². The van der Waals surface area contributed by atoms with Crippen LogP contribution in [-0.4, -0.2) is 11.8 Å². The van der Waals surface area contributed by atoms with Crippen LogP contribution in [0.1, 0.15) is 39.5 Å². The third kappa shape index (κ3) is 2.51. The molecule has 1 rings (SSSR count). The maximum Gasteiger partial charge on any atom is 0.153 e. The highest BCUT2D eigenvalue weighted by Crippen LogP contribution is 2.28. The molecule has 13 heavy (non-hydrogen) atoms. The topological polar surface area (TPSA) is 55.1 Å². The van der Waals surface area contributed by atoms with Gasteiger partial charge in [-0.05, 0) is 18.8 Å². The van der Waals surface area contributed by atoms with E-state index in [-0.39, 0.29) is 17.7 Å². The van der Waals surface area contributed by atoms with Gasteiger partial charge in [-0.2, -0.15) is 0 Å². The predicted molar refractivity (Wildman–Crippen MR) is 52.9 cm³/mol. The molecule has 1 aliphatic carbocycles. The lowest BCUT2D eigenvalue weighted by atomic mass is 9.90. The average molecular weight is 184 g/mol. The molecular formula is C10H20N2O. The lowest BCUT2D eigenvalue weighted by Gasteiger charge is -2.22. The summed E-state index contributed by atoms with van der Waals surface area (Å²) in [5.74, 6) is 6.24. The molecule has 1 saturated carbocycles. The van der Waals surface area contributed by atoms with Crippen molar-refractivity contribution in [1.82, 2.24) is 5.43 Å². The number of carbonyl (C=O) groups is 1. The first-order chi connectivity index (χ1) is 6.16. The molecule has 3 heteroatoms. The number of ketones is 1. The first-order valence-electron chi connectivity index (χ1n) is 5.16. The highest BCUT2D eigenvalue weighted by molar-refractivity contribution is 5.85. The standard InChI is InChI=1S/C10H20N2O/c1-7(2)10(13)9(12-11)8-5-3-4-6-8/h7-9,12H,3-6,11H2,1-2H3/t9-/m0/s1. The van der Waals surface area contributed by atoms with E-state index in [0.29, 0.717) is 5.92 Å². The van der Waals surface area contributed by atoms with Crippen LogP contribution in [0.3, 0.4) is 0 Å². The molecular weight excluding hydrogens is 164 g/mol. The van der Waals surface area contributed by atoms with Crippen molar-refractivity contribution in [3.05, 3.63) is 0 Å². The summed E-state index contributed by atoms with van der Waals surface area (Å²) >= 11 is 0. The van der Waals surface area contributed by atoms with Crippen molar-refractivity contribution >= 4 is 5.78 Å². The zero-order valence-corrected chi connectivity index (χ0v) is 8.55. The van der Waals surface area contributed by atoms with Gasteiger partial charge in [-0.15, -0.1) is 0 Å². The van der Waals surface area contributed by atoms with Crippen LogP contribution in [-0.2, 0) is 4.79 Å². The van der Waals surface area contributed by atoms with Gasteiger partial charge in [-0.1, -0.05) is 26.7 Å². The number of hydrogen-bond donors (Lipinski definition) is 2. The highest BCUT2D eigenvalue weighted by Gasteiger charge is 2.30. The molecule has 0 amide bonds. The number of carbonyl (C=O) groups excluding carboxylic acids is 1. The summed E-state index contributed by atoms with van der Waals surface area (Å²) in [6, 6.07) is -0.109. The Bertz CT molecular complexity index is 174. The quantitative estimate of drug-likeness (QED) is 0.510. The summed E-state index contributed by atoms with van der Waals surface area (Å²) in [5, 5.41) is 0. The van der Waals surface area contributed by atoms with E-state index in [2.05, 4.69) is 5.43 Å². The van der Waals surface area contributed by atoms with Crippen molar-refractivity contribution in [3.63, 3.8) is 0 Å². The fourth-order valence-corrected chi connectivity index (χ4v) is 2.10. The minimum absolute atomic E-state index is 0.0849. The molecule has 0 radical (unpaired) electrons. The molecule has 3 nitrogen and oxygen atoms in total. The molecule has 0 aliphatic heterocycles. The number of nitrogens with one attached hydrogen (secondary N) is 1. The Hall–Kier alpha value is -0.410. The Morgan fingerprint density at radius 2 is 1.92 bits per heavy atom. The summed E-state index contributed by atoms with van der Waals surface area (Å²) < 4.78 is 0. The summed E-state index contributed by atoms with van der Waals surface area (Å²) in [5.41, 5.74) is 2.68. The zero-order chi connectivity index (χ0) is 9.84. The van der Waals surface area contributed by atoms with Gasteiger partial charge in [0.15, 0.2) is 5.78 Å². The van der Waals surface area contributed by atoms with E-state index in [1.54, 1.807) is 0 Å². The van der Waals surface area contributed by atoms with E-state index >= 15 is 0 Å². The van der Waals surface area contributed by atoms with Crippen molar-refractivity contribution in [2.75, 3.05) is 0 Å². The second-order valence-corrected chi connectivity index (χ2v) is 4.25. The molecule has 0 saturated heterocycles.